The molecule has 0 radical (unpaired) electrons. The topological polar surface area (TPSA) is 75.6 Å². The molecule has 0 saturated heterocycles. The maximum absolute atomic E-state index is 4.43. The lowest BCUT2D eigenvalue weighted by Gasteiger charge is -2.09. The van der Waals surface area contributed by atoms with Gasteiger partial charge in [-0.1, -0.05) is 0 Å². The summed E-state index contributed by atoms with van der Waals surface area (Å²) in [5, 5.41) is 6.36. The summed E-state index contributed by atoms with van der Waals surface area (Å²) in [6, 6.07) is 2.33. The quantitative estimate of drug-likeness (QED) is 0.852. The summed E-state index contributed by atoms with van der Waals surface area (Å²) in [5.41, 5.74) is 1.04. The molecule has 1 aliphatic rings. The summed E-state index contributed by atoms with van der Waals surface area (Å²) in [6.07, 6.45) is 7.57. The molecule has 2 aromatic heterocycles. The average Bonchev–Trinajstić information content (AvgIpc) is 3.19. The summed E-state index contributed by atoms with van der Waals surface area (Å²) >= 11 is 0. The molecule has 18 heavy (non-hydrogen) atoms. The number of hydrogen-bond donors (Lipinski definition) is 2. The molecule has 6 nitrogen and oxygen atoms in total. The minimum absolute atomic E-state index is 0.499. The van der Waals surface area contributed by atoms with Crippen LogP contribution in [0.15, 0.2) is 24.7 Å². The zero-order chi connectivity index (χ0) is 12.4. The van der Waals surface area contributed by atoms with Gasteiger partial charge in [0.1, 0.15) is 5.82 Å². The molecule has 2 aromatic rings. The van der Waals surface area contributed by atoms with Crippen LogP contribution in [-0.4, -0.2) is 26.0 Å². The molecule has 0 atom stereocenters. The van der Waals surface area contributed by atoms with Crippen LogP contribution >= 0.6 is 0 Å². The van der Waals surface area contributed by atoms with Gasteiger partial charge in [-0.3, -0.25) is 5.32 Å². The Kier molecular flexibility index (Phi) is 2.76. The van der Waals surface area contributed by atoms with E-state index in [0.717, 1.165) is 11.4 Å². The molecule has 0 aliphatic heterocycles. The molecule has 2 N–H and O–H groups in total. The Bertz CT molecular complexity index is 538. The van der Waals surface area contributed by atoms with Crippen LogP contribution in [0.1, 0.15) is 18.4 Å². The third kappa shape index (κ3) is 2.53. The largest absolute Gasteiger partial charge is 0.367 e. The first kappa shape index (κ1) is 10.9. The van der Waals surface area contributed by atoms with Crippen LogP contribution in [0.25, 0.3) is 0 Å². The first-order valence-electron chi connectivity index (χ1n) is 5.95. The van der Waals surface area contributed by atoms with Crippen LogP contribution in [0.5, 0.6) is 0 Å². The van der Waals surface area contributed by atoms with E-state index in [4.69, 9.17) is 0 Å². The Morgan fingerprint density at radius 2 is 1.89 bits per heavy atom. The Morgan fingerprint density at radius 3 is 2.61 bits per heavy atom. The van der Waals surface area contributed by atoms with Crippen molar-refractivity contribution >= 4 is 17.7 Å². The van der Waals surface area contributed by atoms with Crippen molar-refractivity contribution in [2.45, 2.75) is 25.8 Å². The summed E-state index contributed by atoms with van der Waals surface area (Å²) in [4.78, 5) is 16.8. The lowest BCUT2D eigenvalue weighted by atomic mass is 10.3. The van der Waals surface area contributed by atoms with E-state index in [-0.39, 0.29) is 0 Å². The molecule has 0 unspecified atom stereocenters. The number of aryl methyl sites for hydroxylation is 1. The zero-order valence-corrected chi connectivity index (χ0v) is 10.1. The van der Waals surface area contributed by atoms with Gasteiger partial charge in [-0.05, 0) is 25.8 Å². The van der Waals surface area contributed by atoms with E-state index in [0.29, 0.717) is 17.9 Å². The Morgan fingerprint density at radius 1 is 1.11 bits per heavy atom. The van der Waals surface area contributed by atoms with Crippen molar-refractivity contribution in [3.8, 4) is 0 Å². The normalized spacial score (nSPS) is 14.3. The van der Waals surface area contributed by atoms with Gasteiger partial charge in [-0.2, -0.15) is 4.98 Å². The summed E-state index contributed by atoms with van der Waals surface area (Å²) < 4.78 is 0. The predicted octanol–water partition coefficient (Wildman–Crippen LogP) is 1.89. The Labute approximate surface area is 105 Å². The SMILES string of the molecule is Cc1cnc(Nc2ncccn2)nc1NC1CC1. The van der Waals surface area contributed by atoms with Crippen molar-refractivity contribution in [3.63, 3.8) is 0 Å². The first-order chi connectivity index (χ1) is 8.81. The molecule has 1 saturated carbocycles. The van der Waals surface area contributed by atoms with Gasteiger partial charge >= 0.3 is 0 Å². The van der Waals surface area contributed by atoms with Gasteiger partial charge in [0, 0.05) is 30.2 Å². The minimum Gasteiger partial charge on any atom is -0.367 e. The first-order valence-corrected chi connectivity index (χ1v) is 5.95. The third-order valence-corrected chi connectivity index (χ3v) is 2.68. The fraction of sp³-hybridized carbons (Fsp3) is 0.333. The zero-order valence-electron chi connectivity index (χ0n) is 10.1. The number of nitrogens with zero attached hydrogens (tertiary/aromatic N) is 4. The maximum Gasteiger partial charge on any atom is 0.231 e. The Balaban J connectivity index is 1.79. The number of anilines is 3. The molecule has 3 rings (SSSR count). The van der Waals surface area contributed by atoms with Crippen molar-refractivity contribution in [2.75, 3.05) is 10.6 Å². The van der Waals surface area contributed by atoms with E-state index in [1.165, 1.54) is 12.8 Å². The van der Waals surface area contributed by atoms with Gasteiger partial charge in [-0.15, -0.1) is 0 Å². The highest BCUT2D eigenvalue weighted by Crippen LogP contribution is 2.25. The highest BCUT2D eigenvalue weighted by atomic mass is 15.2. The fourth-order valence-electron chi connectivity index (χ4n) is 1.53. The van der Waals surface area contributed by atoms with E-state index >= 15 is 0 Å². The standard InChI is InChI=1S/C12H14N6/c1-8-7-15-12(17-10(8)16-9-3-4-9)18-11-13-5-2-6-14-11/h2,5-7,9H,3-4H2,1H3,(H2,13,14,15,16,17,18). The summed E-state index contributed by atoms with van der Waals surface area (Å²) in [5.74, 6) is 1.89. The highest BCUT2D eigenvalue weighted by molar-refractivity contribution is 5.51. The smallest absolute Gasteiger partial charge is 0.231 e. The summed E-state index contributed by atoms with van der Waals surface area (Å²) in [6.45, 7) is 1.99. The predicted molar refractivity (Wildman–Crippen MR) is 68.7 cm³/mol. The van der Waals surface area contributed by atoms with Crippen LogP contribution < -0.4 is 10.6 Å². The second kappa shape index (κ2) is 4.56. The van der Waals surface area contributed by atoms with E-state index in [1.54, 1.807) is 24.7 Å². The Hall–Kier alpha value is -2.24. The second-order valence-electron chi connectivity index (χ2n) is 4.34. The van der Waals surface area contributed by atoms with E-state index in [1.807, 2.05) is 6.92 Å². The van der Waals surface area contributed by atoms with Crippen LogP contribution in [0, 0.1) is 6.92 Å². The number of aromatic nitrogens is 4. The van der Waals surface area contributed by atoms with Crippen molar-refractivity contribution in [3.05, 3.63) is 30.2 Å². The molecule has 0 amide bonds. The molecule has 92 valence electrons. The maximum atomic E-state index is 4.43. The van der Waals surface area contributed by atoms with E-state index < -0.39 is 0 Å². The molecule has 0 spiro atoms. The van der Waals surface area contributed by atoms with Crippen molar-refractivity contribution in [1.29, 1.82) is 0 Å². The molecule has 6 heteroatoms. The number of nitrogens with one attached hydrogen (secondary N) is 2. The number of hydrogen-bond acceptors (Lipinski definition) is 6. The third-order valence-electron chi connectivity index (χ3n) is 2.68. The molecular weight excluding hydrogens is 228 g/mol. The van der Waals surface area contributed by atoms with Gasteiger partial charge in [-0.25, -0.2) is 15.0 Å². The lowest BCUT2D eigenvalue weighted by Crippen LogP contribution is -2.08. The van der Waals surface area contributed by atoms with E-state index in [9.17, 15) is 0 Å². The molecule has 1 fully saturated rings. The summed E-state index contributed by atoms with van der Waals surface area (Å²) in [7, 11) is 0. The monoisotopic (exact) mass is 242 g/mol. The van der Waals surface area contributed by atoms with Gasteiger partial charge in [0.15, 0.2) is 0 Å². The average molecular weight is 242 g/mol. The highest BCUT2D eigenvalue weighted by Gasteiger charge is 2.22. The lowest BCUT2D eigenvalue weighted by molar-refractivity contribution is 1.05. The minimum atomic E-state index is 0.499. The molecule has 0 bridgehead atoms. The van der Waals surface area contributed by atoms with Gasteiger partial charge in [0.05, 0.1) is 0 Å². The van der Waals surface area contributed by atoms with E-state index in [2.05, 4.69) is 30.6 Å². The molecule has 1 aliphatic carbocycles. The molecular formula is C12H14N6. The van der Waals surface area contributed by atoms with Gasteiger partial charge in [0.2, 0.25) is 11.9 Å². The van der Waals surface area contributed by atoms with Crippen LogP contribution in [0.4, 0.5) is 17.7 Å². The van der Waals surface area contributed by atoms with Gasteiger partial charge < -0.3 is 5.32 Å². The van der Waals surface area contributed by atoms with Crippen LogP contribution in [0.2, 0.25) is 0 Å². The molecule has 0 aromatic carbocycles. The van der Waals surface area contributed by atoms with Gasteiger partial charge in [0.25, 0.3) is 0 Å². The molecule has 2 heterocycles. The van der Waals surface area contributed by atoms with Crippen LogP contribution in [-0.2, 0) is 0 Å². The second-order valence-corrected chi connectivity index (χ2v) is 4.34. The number of rotatable bonds is 4. The van der Waals surface area contributed by atoms with Crippen LogP contribution in [0.3, 0.4) is 0 Å². The van der Waals surface area contributed by atoms with Crippen molar-refractivity contribution in [2.24, 2.45) is 0 Å². The fourth-order valence-corrected chi connectivity index (χ4v) is 1.53. The van der Waals surface area contributed by atoms with Crippen molar-refractivity contribution < 1.29 is 0 Å². The van der Waals surface area contributed by atoms with Crippen molar-refractivity contribution in [1.82, 2.24) is 19.9 Å².